The molecular weight excluding hydrogens is 302 g/mol. The van der Waals surface area contributed by atoms with Gasteiger partial charge in [-0.05, 0) is 45.7 Å². The van der Waals surface area contributed by atoms with Crippen LogP contribution in [0.5, 0.6) is 0 Å². The molecule has 0 amide bonds. The summed E-state index contributed by atoms with van der Waals surface area (Å²) in [5, 5.41) is 6.67. The highest BCUT2D eigenvalue weighted by Crippen LogP contribution is 2.08. The van der Waals surface area contributed by atoms with E-state index in [1.807, 2.05) is 6.92 Å². The highest BCUT2D eigenvalue weighted by Gasteiger charge is 2.11. The monoisotopic (exact) mass is 335 g/mol. The predicted molar refractivity (Wildman–Crippen MR) is 100 cm³/mol. The van der Waals surface area contributed by atoms with Crippen molar-refractivity contribution < 1.29 is 9.47 Å². The summed E-state index contributed by atoms with van der Waals surface area (Å²) in [6.07, 6.45) is 0. The van der Waals surface area contributed by atoms with Crippen LogP contribution in [0.1, 0.15) is 45.7 Å². The molecule has 0 saturated heterocycles. The number of nitrogens with zero attached hydrogens (tertiary/aromatic N) is 1. The summed E-state index contributed by atoms with van der Waals surface area (Å²) in [5.41, 5.74) is 2.32. The molecule has 0 spiro atoms. The topological polar surface area (TPSA) is 54.9 Å². The van der Waals surface area contributed by atoms with Crippen LogP contribution in [0.15, 0.2) is 29.3 Å². The highest BCUT2D eigenvalue weighted by atomic mass is 16.5. The maximum absolute atomic E-state index is 5.62. The zero-order valence-corrected chi connectivity index (χ0v) is 15.8. The lowest BCUT2D eigenvalue weighted by molar-refractivity contribution is 0.0453. The van der Waals surface area contributed by atoms with Crippen LogP contribution >= 0.6 is 0 Å². The number of hydrogen-bond acceptors (Lipinski definition) is 3. The van der Waals surface area contributed by atoms with Crippen molar-refractivity contribution in [3.05, 3.63) is 35.4 Å². The van der Waals surface area contributed by atoms with Crippen LogP contribution in [0.4, 0.5) is 0 Å². The minimum absolute atomic E-state index is 0.0166. The Kier molecular flexibility index (Phi) is 9.42. The number of guanidine groups is 1. The van der Waals surface area contributed by atoms with Crippen LogP contribution in [0, 0.1) is 0 Å². The largest absolute Gasteiger partial charge is 0.379 e. The molecule has 2 N–H and O–H groups in total. The van der Waals surface area contributed by atoms with E-state index >= 15 is 0 Å². The maximum atomic E-state index is 5.62. The number of hydrogen-bond donors (Lipinski definition) is 2. The Balaban J connectivity index is 2.56. The molecule has 0 aliphatic carbocycles. The molecule has 1 aromatic rings. The number of rotatable bonds is 9. The third kappa shape index (κ3) is 9.53. The van der Waals surface area contributed by atoms with Crippen LogP contribution < -0.4 is 10.6 Å². The zero-order chi connectivity index (χ0) is 17.8. The molecule has 0 aliphatic rings. The van der Waals surface area contributed by atoms with Crippen molar-refractivity contribution in [2.24, 2.45) is 4.99 Å². The minimum Gasteiger partial charge on any atom is -0.379 e. The Morgan fingerprint density at radius 3 is 2.46 bits per heavy atom. The fraction of sp³-hybridized carbons (Fsp3) is 0.632. The second kappa shape index (κ2) is 11.0. The molecule has 0 unspecified atom stereocenters. The Hall–Kier alpha value is -1.59. The van der Waals surface area contributed by atoms with Gasteiger partial charge in [-0.1, -0.05) is 24.3 Å². The van der Waals surface area contributed by atoms with E-state index in [1.165, 1.54) is 5.56 Å². The first-order valence-electron chi connectivity index (χ1n) is 8.74. The van der Waals surface area contributed by atoms with Gasteiger partial charge in [-0.25, -0.2) is 4.99 Å². The molecule has 0 atom stereocenters. The first-order chi connectivity index (χ1) is 11.4. The smallest absolute Gasteiger partial charge is 0.191 e. The Morgan fingerprint density at radius 2 is 1.79 bits per heavy atom. The number of benzene rings is 1. The van der Waals surface area contributed by atoms with Crippen molar-refractivity contribution >= 4 is 5.96 Å². The lowest BCUT2D eigenvalue weighted by Crippen LogP contribution is -2.47. The van der Waals surface area contributed by atoms with Gasteiger partial charge in [0.2, 0.25) is 0 Å². The summed E-state index contributed by atoms with van der Waals surface area (Å²) in [6, 6.07) is 8.36. The van der Waals surface area contributed by atoms with Gasteiger partial charge in [0.15, 0.2) is 5.96 Å². The lowest BCUT2D eigenvalue weighted by Gasteiger charge is -2.23. The van der Waals surface area contributed by atoms with Crippen molar-refractivity contribution in [3.63, 3.8) is 0 Å². The van der Waals surface area contributed by atoms with Crippen LogP contribution in [-0.4, -0.2) is 37.9 Å². The van der Waals surface area contributed by atoms with E-state index in [0.29, 0.717) is 26.4 Å². The Morgan fingerprint density at radius 1 is 1.08 bits per heavy atom. The number of aliphatic imine (C=N–C) groups is 1. The normalized spacial score (nSPS) is 12.3. The molecule has 136 valence electrons. The van der Waals surface area contributed by atoms with Gasteiger partial charge in [0.25, 0.3) is 0 Å². The Labute approximate surface area is 146 Å². The molecule has 5 heteroatoms. The van der Waals surface area contributed by atoms with Gasteiger partial charge in [0.05, 0.1) is 26.4 Å². The summed E-state index contributed by atoms with van der Waals surface area (Å²) >= 11 is 0. The average molecular weight is 335 g/mol. The van der Waals surface area contributed by atoms with Crippen molar-refractivity contribution in [2.75, 3.05) is 26.4 Å². The van der Waals surface area contributed by atoms with Gasteiger partial charge in [-0.3, -0.25) is 0 Å². The molecule has 0 heterocycles. The van der Waals surface area contributed by atoms with E-state index < -0.39 is 0 Å². The van der Waals surface area contributed by atoms with E-state index in [9.17, 15) is 0 Å². The molecule has 1 rings (SSSR count). The summed E-state index contributed by atoms with van der Waals surface area (Å²) in [7, 11) is 0. The summed E-state index contributed by atoms with van der Waals surface area (Å²) in [6.45, 7) is 14.5. The number of ether oxygens (including phenoxy) is 2. The van der Waals surface area contributed by atoms with Crippen molar-refractivity contribution in [1.29, 1.82) is 0 Å². The fourth-order valence-electron chi connectivity index (χ4n) is 2.10. The van der Waals surface area contributed by atoms with Crippen molar-refractivity contribution in [3.8, 4) is 0 Å². The molecular formula is C19H33N3O2. The van der Waals surface area contributed by atoms with E-state index in [0.717, 1.165) is 24.7 Å². The first kappa shape index (κ1) is 20.5. The van der Waals surface area contributed by atoms with Gasteiger partial charge in [0.1, 0.15) is 0 Å². The summed E-state index contributed by atoms with van der Waals surface area (Å²) in [4.78, 5) is 4.66. The molecule has 24 heavy (non-hydrogen) atoms. The molecule has 1 aromatic carbocycles. The Bertz CT molecular complexity index is 496. The van der Waals surface area contributed by atoms with Gasteiger partial charge in [-0.2, -0.15) is 0 Å². The third-order valence-electron chi connectivity index (χ3n) is 3.09. The maximum Gasteiger partial charge on any atom is 0.191 e. The molecule has 0 bridgehead atoms. The highest BCUT2D eigenvalue weighted by molar-refractivity contribution is 5.80. The van der Waals surface area contributed by atoms with E-state index in [2.05, 4.69) is 67.6 Å². The van der Waals surface area contributed by atoms with E-state index in [1.54, 1.807) is 0 Å². The standard InChI is InChI=1S/C19H33N3O2/c1-6-20-18(22-19(3,4)5)21-14-16-9-8-10-17(13-16)15-24-12-11-23-7-2/h8-10,13H,6-7,11-12,14-15H2,1-5H3,(H2,20,21,22). The molecule has 0 aromatic heterocycles. The summed E-state index contributed by atoms with van der Waals surface area (Å²) < 4.78 is 10.9. The van der Waals surface area contributed by atoms with Crippen LogP contribution in [0.3, 0.4) is 0 Å². The average Bonchev–Trinajstić information content (AvgIpc) is 2.52. The van der Waals surface area contributed by atoms with Crippen molar-refractivity contribution in [2.45, 2.75) is 53.3 Å². The van der Waals surface area contributed by atoms with Crippen LogP contribution in [-0.2, 0) is 22.6 Å². The second-order valence-electron chi connectivity index (χ2n) is 6.64. The lowest BCUT2D eigenvalue weighted by atomic mass is 10.1. The quantitative estimate of drug-likeness (QED) is 0.414. The van der Waals surface area contributed by atoms with Crippen LogP contribution in [0.25, 0.3) is 0 Å². The fourth-order valence-corrected chi connectivity index (χ4v) is 2.10. The van der Waals surface area contributed by atoms with E-state index in [4.69, 9.17) is 9.47 Å². The molecule has 5 nitrogen and oxygen atoms in total. The van der Waals surface area contributed by atoms with Gasteiger partial charge in [-0.15, -0.1) is 0 Å². The minimum atomic E-state index is -0.0166. The SMILES string of the molecule is CCNC(=NCc1cccc(COCCOCC)c1)NC(C)(C)C. The first-order valence-corrected chi connectivity index (χ1v) is 8.74. The molecule has 0 aliphatic heterocycles. The third-order valence-corrected chi connectivity index (χ3v) is 3.09. The molecule has 0 saturated carbocycles. The van der Waals surface area contributed by atoms with E-state index in [-0.39, 0.29) is 5.54 Å². The van der Waals surface area contributed by atoms with Gasteiger partial charge in [0, 0.05) is 18.7 Å². The summed E-state index contributed by atoms with van der Waals surface area (Å²) in [5.74, 6) is 0.836. The zero-order valence-electron chi connectivity index (χ0n) is 15.8. The van der Waals surface area contributed by atoms with Crippen LogP contribution in [0.2, 0.25) is 0 Å². The van der Waals surface area contributed by atoms with Gasteiger partial charge < -0.3 is 20.1 Å². The predicted octanol–water partition coefficient (Wildman–Crippen LogP) is 3.09. The second-order valence-corrected chi connectivity index (χ2v) is 6.64. The number of nitrogens with one attached hydrogen (secondary N) is 2. The molecule has 0 fully saturated rings. The van der Waals surface area contributed by atoms with Gasteiger partial charge >= 0.3 is 0 Å². The van der Waals surface area contributed by atoms with Crippen molar-refractivity contribution in [1.82, 2.24) is 10.6 Å². The molecule has 0 radical (unpaired) electrons.